The van der Waals surface area contributed by atoms with Crippen molar-refractivity contribution in [3.63, 3.8) is 0 Å². The van der Waals surface area contributed by atoms with Crippen LogP contribution in [0.1, 0.15) is 12.6 Å². The summed E-state index contributed by atoms with van der Waals surface area (Å²) in [6.45, 7) is 5.76. The molecule has 2 heterocycles. The molecule has 104 valence electrons. The Morgan fingerprint density at radius 2 is 1.81 bits per heavy atom. The number of rotatable bonds is 3. The van der Waals surface area contributed by atoms with Gasteiger partial charge in [0, 0.05) is 17.3 Å². The summed E-state index contributed by atoms with van der Waals surface area (Å²) in [7, 11) is 0. The Bertz CT molecular complexity index is 773. The van der Waals surface area contributed by atoms with E-state index in [9.17, 15) is 4.39 Å². The fourth-order valence-corrected chi connectivity index (χ4v) is 1.93. The minimum atomic E-state index is -0.287. The lowest BCUT2D eigenvalue weighted by atomic mass is 10.1. The Morgan fingerprint density at radius 1 is 1.10 bits per heavy atom. The third-order valence-electron chi connectivity index (χ3n) is 3.09. The summed E-state index contributed by atoms with van der Waals surface area (Å²) in [5, 5.41) is 0. The molecule has 0 spiro atoms. The van der Waals surface area contributed by atoms with Gasteiger partial charge in [-0.3, -0.25) is 4.98 Å². The van der Waals surface area contributed by atoms with Gasteiger partial charge in [0.05, 0.1) is 5.69 Å². The molecule has 0 N–H and O–H groups in total. The summed E-state index contributed by atoms with van der Waals surface area (Å²) >= 11 is 0. The Morgan fingerprint density at radius 3 is 2.43 bits per heavy atom. The molecule has 0 atom stereocenters. The first-order valence-corrected chi connectivity index (χ1v) is 6.47. The van der Waals surface area contributed by atoms with Crippen LogP contribution >= 0.6 is 0 Å². The summed E-state index contributed by atoms with van der Waals surface area (Å²) in [4.78, 5) is 8.72. The molecule has 0 amide bonds. The Balaban J connectivity index is 1.90. The molecule has 21 heavy (non-hydrogen) atoms. The molecule has 0 fully saturated rings. The second-order valence-corrected chi connectivity index (χ2v) is 4.76. The molecule has 0 saturated heterocycles. The van der Waals surface area contributed by atoms with Gasteiger partial charge in [0.15, 0.2) is 0 Å². The number of aromatic nitrogens is 2. The molecule has 4 heteroatoms. The minimum absolute atomic E-state index is 0.287. The van der Waals surface area contributed by atoms with E-state index >= 15 is 0 Å². The topological polar surface area (TPSA) is 38.9 Å². The number of hydrogen-bond donors (Lipinski definition) is 0. The largest absolute Gasteiger partial charge is 0.444 e. The Hall–Kier alpha value is -2.75. The number of allylic oxidation sites excluding steroid dienone is 1. The van der Waals surface area contributed by atoms with E-state index in [1.807, 2.05) is 19.1 Å². The van der Waals surface area contributed by atoms with Gasteiger partial charge in [-0.1, -0.05) is 6.58 Å². The van der Waals surface area contributed by atoms with Crippen LogP contribution < -0.4 is 0 Å². The highest BCUT2D eigenvalue weighted by Crippen LogP contribution is 2.25. The SMILES string of the molecule is C=C(C)c1ccc(-c2coc(-c3ccc(F)cc3)n2)cn1. The van der Waals surface area contributed by atoms with Gasteiger partial charge in [0.1, 0.15) is 17.8 Å². The zero-order chi connectivity index (χ0) is 14.8. The zero-order valence-corrected chi connectivity index (χ0v) is 11.5. The van der Waals surface area contributed by atoms with Crippen LogP contribution in [0.3, 0.4) is 0 Å². The highest BCUT2D eigenvalue weighted by Gasteiger charge is 2.09. The molecule has 0 unspecified atom stereocenters. The van der Waals surface area contributed by atoms with E-state index in [0.29, 0.717) is 11.6 Å². The fourth-order valence-electron chi connectivity index (χ4n) is 1.93. The second kappa shape index (κ2) is 5.32. The van der Waals surface area contributed by atoms with Crippen molar-refractivity contribution in [3.8, 4) is 22.7 Å². The van der Waals surface area contributed by atoms with Crippen LogP contribution in [0, 0.1) is 5.82 Å². The highest BCUT2D eigenvalue weighted by molar-refractivity contribution is 5.64. The third-order valence-corrected chi connectivity index (χ3v) is 3.09. The van der Waals surface area contributed by atoms with Crippen LogP contribution in [0.15, 0.2) is 59.9 Å². The van der Waals surface area contributed by atoms with Gasteiger partial charge < -0.3 is 4.42 Å². The average molecular weight is 280 g/mol. The monoisotopic (exact) mass is 280 g/mol. The number of nitrogens with zero attached hydrogens (tertiary/aromatic N) is 2. The molecule has 0 bridgehead atoms. The second-order valence-electron chi connectivity index (χ2n) is 4.76. The molecule has 3 rings (SSSR count). The van der Waals surface area contributed by atoms with Crippen molar-refractivity contribution >= 4 is 5.57 Å². The first-order valence-electron chi connectivity index (χ1n) is 6.47. The fraction of sp³-hybridized carbons (Fsp3) is 0.0588. The lowest BCUT2D eigenvalue weighted by Crippen LogP contribution is -1.86. The van der Waals surface area contributed by atoms with E-state index in [0.717, 1.165) is 22.4 Å². The van der Waals surface area contributed by atoms with Gasteiger partial charge in [-0.25, -0.2) is 9.37 Å². The van der Waals surface area contributed by atoms with Gasteiger partial charge in [-0.2, -0.15) is 0 Å². The van der Waals surface area contributed by atoms with Crippen LogP contribution in [0.2, 0.25) is 0 Å². The maximum absolute atomic E-state index is 12.9. The number of halogens is 1. The Kier molecular flexibility index (Phi) is 3.36. The molecule has 3 nitrogen and oxygen atoms in total. The molecule has 0 aliphatic carbocycles. The number of pyridine rings is 1. The van der Waals surface area contributed by atoms with E-state index in [1.165, 1.54) is 12.1 Å². The number of benzene rings is 1. The maximum Gasteiger partial charge on any atom is 0.226 e. The summed E-state index contributed by atoms with van der Waals surface area (Å²) in [5.74, 6) is 0.166. The van der Waals surface area contributed by atoms with Crippen LogP contribution in [-0.2, 0) is 0 Å². The van der Waals surface area contributed by atoms with Gasteiger partial charge >= 0.3 is 0 Å². The molecule has 0 radical (unpaired) electrons. The van der Waals surface area contributed by atoms with Gasteiger partial charge in [0.2, 0.25) is 5.89 Å². The summed E-state index contributed by atoms with van der Waals surface area (Å²) in [6.07, 6.45) is 3.30. The van der Waals surface area contributed by atoms with Crippen LogP contribution in [0.4, 0.5) is 4.39 Å². The highest BCUT2D eigenvalue weighted by atomic mass is 19.1. The third kappa shape index (κ3) is 2.74. The molecular weight excluding hydrogens is 267 g/mol. The van der Waals surface area contributed by atoms with E-state index in [2.05, 4.69) is 16.5 Å². The lowest BCUT2D eigenvalue weighted by molar-refractivity contribution is 0.574. The minimum Gasteiger partial charge on any atom is -0.444 e. The van der Waals surface area contributed by atoms with Crippen molar-refractivity contribution in [1.29, 1.82) is 0 Å². The van der Waals surface area contributed by atoms with Crippen molar-refractivity contribution in [2.75, 3.05) is 0 Å². The first-order chi connectivity index (χ1) is 10.1. The van der Waals surface area contributed by atoms with Gasteiger partial charge in [-0.05, 0) is 48.9 Å². The van der Waals surface area contributed by atoms with Crippen molar-refractivity contribution in [2.24, 2.45) is 0 Å². The normalized spacial score (nSPS) is 10.6. The average Bonchev–Trinajstić information content (AvgIpc) is 2.98. The van der Waals surface area contributed by atoms with Crippen molar-refractivity contribution in [1.82, 2.24) is 9.97 Å². The van der Waals surface area contributed by atoms with E-state index < -0.39 is 0 Å². The van der Waals surface area contributed by atoms with Crippen LogP contribution in [0.25, 0.3) is 28.3 Å². The van der Waals surface area contributed by atoms with Crippen molar-refractivity contribution in [2.45, 2.75) is 6.92 Å². The molecule has 0 aliphatic rings. The quantitative estimate of drug-likeness (QED) is 0.705. The summed E-state index contributed by atoms with van der Waals surface area (Å²) < 4.78 is 18.4. The molecule has 2 aromatic heterocycles. The molecule has 0 saturated carbocycles. The zero-order valence-electron chi connectivity index (χ0n) is 11.5. The predicted octanol–water partition coefficient (Wildman–Crippen LogP) is 4.58. The maximum atomic E-state index is 12.9. The number of hydrogen-bond acceptors (Lipinski definition) is 3. The molecular formula is C17H13FN2O. The predicted molar refractivity (Wildman–Crippen MR) is 79.8 cm³/mol. The van der Waals surface area contributed by atoms with Crippen LogP contribution in [0.5, 0.6) is 0 Å². The van der Waals surface area contributed by atoms with Gasteiger partial charge in [-0.15, -0.1) is 0 Å². The van der Waals surface area contributed by atoms with E-state index in [1.54, 1.807) is 24.6 Å². The Labute approximate surface area is 121 Å². The molecule has 0 aliphatic heterocycles. The summed E-state index contributed by atoms with van der Waals surface area (Å²) in [5.41, 5.74) is 4.04. The van der Waals surface area contributed by atoms with Crippen molar-refractivity contribution < 1.29 is 8.81 Å². The van der Waals surface area contributed by atoms with Crippen molar-refractivity contribution in [3.05, 3.63) is 66.9 Å². The number of oxazole rings is 1. The molecule has 3 aromatic rings. The standard InChI is InChI=1S/C17H13FN2O/c1-11(2)15-8-5-13(9-19-15)16-10-21-17(20-16)12-3-6-14(18)7-4-12/h3-10H,1H2,2H3. The van der Waals surface area contributed by atoms with Gasteiger partial charge in [0.25, 0.3) is 0 Å². The van der Waals surface area contributed by atoms with Crippen LogP contribution in [-0.4, -0.2) is 9.97 Å². The molecule has 1 aromatic carbocycles. The lowest BCUT2D eigenvalue weighted by Gasteiger charge is -1.99. The van der Waals surface area contributed by atoms with E-state index in [4.69, 9.17) is 4.42 Å². The van der Waals surface area contributed by atoms with E-state index in [-0.39, 0.29) is 5.82 Å². The smallest absolute Gasteiger partial charge is 0.226 e. The summed E-state index contributed by atoms with van der Waals surface area (Å²) in [6, 6.07) is 9.83. The first kappa shape index (κ1) is 13.2.